The lowest BCUT2D eigenvalue weighted by Gasteiger charge is -2.21. The molecule has 1 atom stereocenters. The van der Waals surface area contributed by atoms with Gasteiger partial charge >= 0.3 is 0 Å². The maximum atomic E-state index is 12.1. The van der Waals surface area contributed by atoms with E-state index in [1.54, 1.807) is 25.3 Å². The third kappa shape index (κ3) is 3.99. The van der Waals surface area contributed by atoms with Gasteiger partial charge in [-0.2, -0.15) is 0 Å². The van der Waals surface area contributed by atoms with Crippen molar-refractivity contribution >= 4 is 27.5 Å². The number of carbonyl (C=O) groups is 1. The average Bonchev–Trinajstić information content (AvgIpc) is 2.31. The van der Waals surface area contributed by atoms with Crippen LogP contribution in [0, 0.1) is 5.92 Å². The maximum Gasteiger partial charge on any atom is 0.251 e. The van der Waals surface area contributed by atoms with Crippen molar-refractivity contribution in [2.24, 2.45) is 5.92 Å². The quantitative estimate of drug-likeness (QED) is 0.820. The molecule has 1 unspecified atom stereocenters. The van der Waals surface area contributed by atoms with E-state index in [9.17, 15) is 4.79 Å². The van der Waals surface area contributed by atoms with Gasteiger partial charge in [0, 0.05) is 22.8 Å². The zero-order valence-electron chi connectivity index (χ0n) is 10.9. The van der Waals surface area contributed by atoms with Crippen LogP contribution in [0.4, 0.5) is 5.69 Å². The number of nitrogens with two attached hydrogens (primary N) is 1. The Morgan fingerprint density at radius 2 is 2.17 bits per heavy atom. The van der Waals surface area contributed by atoms with Gasteiger partial charge in [0.15, 0.2) is 0 Å². The van der Waals surface area contributed by atoms with Crippen LogP contribution in [0.3, 0.4) is 0 Å². The van der Waals surface area contributed by atoms with E-state index in [1.807, 2.05) is 13.8 Å². The molecular weight excluding hydrogens is 296 g/mol. The van der Waals surface area contributed by atoms with E-state index in [2.05, 4.69) is 21.2 Å². The molecule has 1 rings (SSSR count). The Labute approximate surface area is 116 Å². The molecule has 0 bridgehead atoms. The summed E-state index contributed by atoms with van der Waals surface area (Å²) in [4.78, 5) is 12.1. The second kappa shape index (κ2) is 6.75. The monoisotopic (exact) mass is 314 g/mol. The third-order valence-corrected chi connectivity index (χ3v) is 3.45. The number of amides is 1. The number of benzene rings is 1. The molecule has 0 spiro atoms. The summed E-state index contributed by atoms with van der Waals surface area (Å²) < 4.78 is 5.89. The van der Waals surface area contributed by atoms with Crippen LogP contribution in [0.25, 0.3) is 0 Å². The van der Waals surface area contributed by atoms with E-state index in [0.717, 1.165) is 4.47 Å². The van der Waals surface area contributed by atoms with Crippen molar-refractivity contribution in [2.75, 3.05) is 19.5 Å². The molecule has 0 aromatic heterocycles. The smallest absolute Gasteiger partial charge is 0.251 e. The van der Waals surface area contributed by atoms with Crippen LogP contribution in [0.15, 0.2) is 22.7 Å². The number of nitrogen functional groups attached to an aromatic ring is 1. The minimum Gasteiger partial charge on any atom is -0.398 e. The Morgan fingerprint density at radius 3 is 2.67 bits per heavy atom. The highest BCUT2D eigenvalue weighted by atomic mass is 79.9. The van der Waals surface area contributed by atoms with Crippen LogP contribution in [0.1, 0.15) is 24.2 Å². The Kier molecular flexibility index (Phi) is 5.62. The number of rotatable bonds is 5. The molecule has 5 heteroatoms. The summed E-state index contributed by atoms with van der Waals surface area (Å²) >= 11 is 3.30. The zero-order chi connectivity index (χ0) is 13.7. The van der Waals surface area contributed by atoms with Crippen molar-refractivity contribution < 1.29 is 9.53 Å². The highest BCUT2D eigenvalue weighted by Crippen LogP contribution is 2.20. The van der Waals surface area contributed by atoms with E-state index >= 15 is 0 Å². The zero-order valence-corrected chi connectivity index (χ0v) is 12.5. The minimum absolute atomic E-state index is 0.00706. The van der Waals surface area contributed by atoms with E-state index < -0.39 is 0 Å². The number of anilines is 1. The fourth-order valence-corrected chi connectivity index (χ4v) is 1.76. The molecule has 1 amide bonds. The van der Waals surface area contributed by atoms with Crippen molar-refractivity contribution in [1.29, 1.82) is 0 Å². The molecule has 0 aliphatic heterocycles. The van der Waals surface area contributed by atoms with Crippen LogP contribution in [-0.4, -0.2) is 25.7 Å². The highest BCUT2D eigenvalue weighted by molar-refractivity contribution is 9.10. The van der Waals surface area contributed by atoms with Crippen molar-refractivity contribution in [2.45, 2.75) is 19.9 Å². The largest absolute Gasteiger partial charge is 0.398 e. The molecule has 3 N–H and O–H groups in total. The first-order valence-electron chi connectivity index (χ1n) is 5.80. The molecule has 0 saturated heterocycles. The molecule has 4 nitrogen and oxygen atoms in total. The van der Waals surface area contributed by atoms with E-state index in [1.165, 1.54) is 0 Å². The maximum absolute atomic E-state index is 12.1. The molecule has 0 heterocycles. The van der Waals surface area contributed by atoms with E-state index in [0.29, 0.717) is 23.8 Å². The Balaban J connectivity index is 2.77. The minimum atomic E-state index is -0.134. The first-order chi connectivity index (χ1) is 8.45. The normalized spacial score (nSPS) is 12.5. The lowest BCUT2D eigenvalue weighted by Crippen LogP contribution is -2.41. The fourth-order valence-electron chi connectivity index (χ4n) is 1.52. The fraction of sp³-hybridized carbons (Fsp3) is 0.462. The van der Waals surface area contributed by atoms with Gasteiger partial charge in [0.05, 0.1) is 12.6 Å². The van der Waals surface area contributed by atoms with Crippen LogP contribution in [0.2, 0.25) is 0 Å². The molecule has 0 saturated carbocycles. The predicted octanol–water partition coefficient (Wildman–Crippen LogP) is 2.43. The second-order valence-corrected chi connectivity index (χ2v) is 5.37. The summed E-state index contributed by atoms with van der Waals surface area (Å²) in [5.41, 5.74) is 6.86. The van der Waals surface area contributed by atoms with Gasteiger partial charge in [-0.1, -0.05) is 13.8 Å². The molecule has 100 valence electrons. The second-order valence-electron chi connectivity index (χ2n) is 4.52. The summed E-state index contributed by atoms with van der Waals surface area (Å²) in [7, 11) is 1.62. The number of methoxy groups -OCH3 is 1. The van der Waals surface area contributed by atoms with E-state index in [-0.39, 0.29) is 11.9 Å². The number of hydrogen-bond donors (Lipinski definition) is 2. The average molecular weight is 315 g/mol. The van der Waals surface area contributed by atoms with E-state index in [4.69, 9.17) is 10.5 Å². The summed E-state index contributed by atoms with van der Waals surface area (Å²) in [5.74, 6) is 0.173. The molecule has 1 aromatic carbocycles. The van der Waals surface area contributed by atoms with Crippen molar-refractivity contribution in [3.63, 3.8) is 0 Å². The van der Waals surface area contributed by atoms with Crippen LogP contribution < -0.4 is 11.1 Å². The summed E-state index contributed by atoms with van der Waals surface area (Å²) in [6.45, 7) is 4.58. The molecule has 1 aromatic rings. The Bertz CT molecular complexity index is 421. The van der Waals surface area contributed by atoms with Crippen LogP contribution in [-0.2, 0) is 4.74 Å². The molecule has 0 aliphatic rings. The summed E-state index contributed by atoms with van der Waals surface area (Å²) in [6.07, 6.45) is 0. The lowest BCUT2D eigenvalue weighted by molar-refractivity contribution is 0.0866. The van der Waals surface area contributed by atoms with Gasteiger partial charge < -0.3 is 15.8 Å². The summed E-state index contributed by atoms with van der Waals surface area (Å²) in [6, 6.07) is 5.15. The van der Waals surface area contributed by atoms with Gasteiger partial charge in [0.25, 0.3) is 5.91 Å². The van der Waals surface area contributed by atoms with Gasteiger partial charge in [-0.05, 0) is 40.0 Å². The topological polar surface area (TPSA) is 64.3 Å². The number of ether oxygens (including phenoxy) is 1. The molecule has 0 fully saturated rings. The SMILES string of the molecule is COCC(NC(=O)c1ccc(Br)c(N)c1)C(C)C. The Morgan fingerprint density at radius 1 is 1.50 bits per heavy atom. The van der Waals surface area contributed by atoms with Gasteiger partial charge in [0.1, 0.15) is 0 Å². The molecule has 0 aliphatic carbocycles. The van der Waals surface area contributed by atoms with Crippen LogP contribution in [0.5, 0.6) is 0 Å². The lowest BCUT2D eigenvalue weighted by atomic mass is 10.0. The number of hydrogen-bond acceptors (Lipinski definition) is 3. The standard InChI is InChI=1S/C13H19BrN2O2/c1-8(2)12(7-18-3)16-13(17)9-4-5-10(14)11(15)6-9/h4-6,8,12H,7,15H2,1-3H3,(H,16,17). The highest BCUT2D eigenvalue weighted by Gasteiger charge is 2.17. The van der Waals surface area contributed by atoms with Gasteiger partial charge in [-0.3, -0.25) is 4.79 Å². The first kappa shape index (κ1) is 15.0. The Hall–Kier alpha value is -1.07. The van der Waals surface area contributed by atoms with Gasteiger partial charge in [-0.25, -0.2) is 0 Å². The predicted molar refractivity (Wildman–Crippen MR) is 76.5 cm³/mol. The molecular formula is C13H19BrN2O2. The third-order valence-electron chi connectivity index (χ3n) is 2.73. The van der Waals surface area contributed by atoms with Crippen LogP contribution >= 0.6 is 15.9 Å². The number of halogens is 1. The number of nitrogens with one attached hydrogen (secondary N) is 1. The van der Waals surface area contributed by atoms with Crippen molar-refractivity contribution in [1.82, 2.24) is 5.32 Å². The van der Waals surface area contributed by atoms with Crippen molar-refractivity contribution in [3.8, 4) is 0 Å². The molecule has 0 radical (unpaired) electrons. The van der Waals surface area contributed by atoms with Gasteiger partial charge in [-0.15, -0.1) is 0 Å². The first-order valence-corrected chi connectivity index (χ1v) is 6.59. The van der Waals surface area contributed by atoms with Crippen molar-refractivity contribution in [3.05, 3.63) is 28.2 Å². The summed E-state index contributed by atoms with van der Waals surface area (Å²) in [5, 5.41) is 2.95. The molecule has 18 heavy (non-hydrogen) atoms. The van der Waals surface area contributed by atoms with Gasteiger partial charge in [0.2, 0.25) is 0 Å². The number of carbonyl (C=O) groups excluding carboxylic acids is 1.